The lowest BCUT2D eigenvalue weighted by molar-refractivity contribution is -0.123. The second-order valence-corrected chi connectivity index (χ2v) is 6.59. The molecule has 0 aliphatic heterocycles. The molecular weight excluding hydrogens is 262 g/mol. The van der Waals surface area contributed by atoms with Crippen molar-refractivity contribution >= 4 is 11.6 Å². The van der Waals surface area contributed by atoms with E-state index < -0.39 is 0 Å². The number of nitrogens with zero attached hydrogens (tertiary/aromatic N) is 1. The Kier molecular flexibility index (Phi) is 4.13. The Morgan fingerprint density at radius 2 is 2.14 bits per heavy atom. The highest BCUT2D eigenvalue weighted by Crippen LogP contribution is 2.61. The first-order chi connectivity index (χ1) is 10.2. The summed E-state index contributed by atoms with van der Waals surface area (Å²) in [5.74, 6) is 0.561. The van der Waals surface area contributed by atoms with Gasteiger partial charge in [-0.25, -0.2) is 0 Å². The van der Waals surface area contributed by atoms with E-state index in [-0.39, 0.29) is 5.91 Å². The molecule has 0 bridgehead atoms. The molecule has 2 fully saturated rings. The van der Waals surface area contributed by atoms with Crippen LogP contribution in [-0.2, 0) is 4.79 Å². The Labute approximate surface area is 126 Å². The molecule has 2 aliphatic rings. The van der Waals surface area contributed by atoms with E-state index in [0.29, 0.717) is 17.9 Å². The Bertz CT molecular complexity index is 509. The third-order valence-electron chi connectivity index (χ3n) is 5.12. The van der Waals surface area contributed by atoms with Gasteiger partial charge in [0.05, 0.1) is 0 Å². The molecule has 2 N–H and O–H groups in total. The van der Waals surface area contributed by atoms with Crippen LogP contribution in [0.25, 0.3) is 0 Å². The van der Waals surface area contributed by atoms with E-state index >= 15 is 0 Å². The molecule has 1 aromatic heterocycles. The van der Waals surface area contributed by atoms with Crippen LogP contribution >= 0.6 is 0 Å². The summed E-state index contributed by atoms with van der Waals surface area (Å²) in [5, 5.41) is 6.43. The van der Waals surface area contributed by atoms with Gasteiger partial charge in [-0.15, -0.1) is 0 Å². The number of aryl methyl sites for hydroxylation is 1. The van der Waals surface area contributed by atoms with Gasteiger partial charge >= 0.3 is 0 Å². The number of nitrogens with one attached hydrogen (secondary N) is 2. The fraction of sp³-hybridized carbons (Fsp3) is 0.647. The Hall–Kier alpha value is -1.58. The van der Waals surface area contributed by atoms with Crippen molar-refractivity contribution in [3.05, 3.63) is 24.0 Å². The number of anilines is 1. The maximum atomic E-state index is 12.2. The molecule has 1 amide bonds. The van der Waals surface area contributed by atoms with Crippen molar-refractivity contribution in [3.63, 3.8) is 0 Å². The van der Waals surface area contributed by atoms with Crippen LogP contribution in [0.15, 0.2) is 18.5 Å². The summed E-state index contributed by atoms with van der Waals surface area (Å²) in [6.45, 7) is 3.48. The first kappa shape index (κ1) is 14.4. The van der Waals surface area contributed by atoms with Crippen LogP contribution < -0.4 is 10.6 Å². The lowest BCUT2D eigenvalue weighted by Crippen LogP contribution is -2.32. The van der Waals surface area contributed by atoms with E-state index in [4.69, 9.17) is 0 Å². The van der Waals surface area contributed by atoms with Crippen LogP contribution in [0.1, 0.15) is 44.1 Å². The number of rotatable bonds is 5. The zero-order valence-corrected chi connectivity index (χ0v) is 12.8. The number of aromatic nitrogens is 1. The standard InChI is InChI=1S/C17H25N3O/c1-13-12-18-8-5-15(13)19-9-10-20-16(21)14-11-17(14)6-3-2-4-7-17/h5,8,12,14H,2-4,6-7,9-11H2,1H3,(H,18,19)(H,20,21)/t14-/m0/s1. The van der Waals surface area contributed by atoms with E-state index in [0.717, 1.165) is 24.2 Å². The smallest absolute Gasteiger partial charge is 0.223 e. The minimum Gasteiger partial charge on any atom is -0.383 e. The van der Waals surface area contributed by atoms with E-state index in [1.807, 2.05) is 19.2 Å². The first-order valence-electron chi connectivity index (χ1n) is 8.13. The van der Waals surface area contributed by atoms with E-state index in [1.165, 1.54) is 32.1 Å². The summed E-state index contributed by atoms with van der Waals surface area (Å²) in [6, 6.07) is 1.97. The Balaban J connectivity index is 1.38. The molecule has 4 nitrogen and oxygen atoms in total. The second-order valence-electron chi connectivity index (χ2n) is 6.59. The number of carbonyl (C=O) groups excluding carboxylic acids is 1. The SMILES string of the molecule is Cc1cnccc1NCCNC(=O)[C@@H]1CC12CCCCC2. The molecule has 1 aromatic rings. The van der Waals surface area contributed by atoms with Crippen molar-refractivity contribution in [2.75, 3.05) is 18.4 Å². The fourth-order valence-electron chi connectivity index (χ4n) is 3.70. The van der Waals surface area contributed by atoms with Crippen LogP contribution in [0.4, 0.5) is 5.69 Å². The zero-order chi connectivity index (χ0) is 14.7. The topological polar surface area (TPSA) is 54.0 Å². The molecule has 0 saturated heterocycles. The monoisotopic (exact) mass is 287 g/mol. The van der Waals surface area contributed by atoms with E-state index in [2.05, 4.69) is 15.6 Å². The number of hydrogen-bond acceptors (Lipinski definition) is 3. The summed E-state index contributed by atoms with van der Waals surface area (Å²) in [5.41, 5.74) is 2.61. The largest absolute Gasteiger partial charge is 0.383 e. The fourth-order valence-corrected chi connectivity index (χ4v) is 3.70. The number of pyridine rings is 1. The highest BCUT2D eigenvalue weighted by Gasteiger charge is 2.57. The van der Waals surface area contributed by atoms with Gasteiger partial charge in [0.1, 0.15) is 0 Å². The van der Waals surface area contributed by atoms with Crippen molar-refractivity contribution in [1.29, 1.82) is 0 Å². The summed E-state index contributed by atoms with van der Waals surface area (Å²) >= 11 is 0. The zero-order valence-electron chi connectivity index (χ0n) is 12.8. The lowest BCUT2D eigenvalue weighted by atomic mass is 9.84. The minimum absolute atomic E-state index is 0.269. The van der Waals surface area contributed by atoms with Crippen LogP contribution in [0, 0.1) is 18.3 Å². The van der Waals surface area contributed by atoms with Gasteiger partial charge < -0.3 is 10.6 Å². The highest BCUT2D eigenvalue weighted by molar-refractivity contribution is 5.82. The molecule has 21 heavy (non-hydrogen) atoms. The van der Waals surface area contributed by atoms with Gasteiger partial charge in [-0.3, -0.25) is 9.78 Å². The number of amides is 1. The maximum absolute atomic E-state index is 12.2. The summed E-state index contributed by atoms with van der Waals surface area (Å²) in [4.78, 5) is 16.3. The summed E-state index contributed by atoms with van der Waals surface area (Å²) in [6.07, 6.45) is 11.3. The van der Waals surface area contributed by atoms with E-state index in [1.54, 1.807) is 6.20 Å². The van der Waals surface area contributed by atoms with E-state index in [9.17, 15) is 4.79 Å². The Morgan fingerprint density at radius 3 is 2.90 bits per heavy atom. The van der Waals surface area contributed by atoms with Gasteiger partial charge in [-0.2, -0.15) is 0 Å². The number of hydrogen-bond donors (Lipinski definition) is 2. The summed E-state index contributed by atoms with van der Waals surface area (Å²) in [7, 11) is 0. The van der Waals surface area contributed by atoms with Gasteiger partial charge in [0, 0.05) is 37.1 Å². The molecule has 0 aromatic carbocycles. The molecule has 2 aliphatic carbocycles. The molecule has 1 heterocycles. The molecule has 4 heteroatoms. The lowest BCUT2D eigenvalue weighted by Gasteiger charge is -2.22. The van der Waals surface area contributed by atoms with Crippen molar-refractivity contribution in [2.24, 2.45) is 11.3 Å². The third kappa shape index (κ3) is 3.20. The molecule has 0 radical (unpaired) electrons. The Morgan fingerprint density at radius 1 is 1.33 bits per heavy atom. The van der Waals surface area contributed by atoms with Crippen LogP contribution in [0.3, 0.4) is 0 Å². The highest BCUT2D eigenvalue weighted by atomic mass is 16.2. The molecule has 1 atom stereocenters. The van der Waals surface area contributed by atoms with Crippen molar-refractivity contribution in [1.82, 2.24) is 10.3 Å². The van der Waals surface area contributed by atoms with Crippen molar-refractivity contribution < 1.29 is 4.79 Å². The quantitative estimate of drug-likeness (QED) is 0.819. The van der Waals surface area contributed by atoms with Gasteiger partial charge in [0.2, 0.25) is 5.91 Å². The minimum atomic E-state index is 0.269. The van der Waals surface area contributed by atoms with Crippen molar-refractivity contribution in [2.45, 2.75) is 45.4 Å². The summed E-state index contributed by atoms with van der Waals surface area (Å²) < 4.78 is 0. The van der Waals surface area contributed by atoms with Crippen LogP contribution in [0.2, 0.25) is 0 Å². The van der Waals surface area contributed by atoms with Gasteiger partial charge in [-0.05, 0) is 43.2 Å². The molecule has 2 saturated carbocycles. The molecule has 0 unspecified atom stereocenters. The van der Waals surface area contributed by atoms with Gasteiger partial charge in [0.15, 0.2) is 0 Å². The molecule has 1 spiro atoms. The normalized spacial score (nSPS) is 22.8. The number of carbonyl (C=O) groups is 1. The van der Waals surface area contributed by atoms with Crippen LogP contribution in [0.5, 0.6) is 0 Å². The molecular formula is C17H25N3O. The predicted octanol–water partition coefficient (Wildman–Crippen LogP) is 2.89. The predicted molar refractivity (Wildman–Crippen MR) is 84.1 cm³/mol. The average Bonchev–Trinajstić information content (AvgIpc) is 3.19. The average molecular weight is 287 g/mol. The molecule has 3 rings (SSSR count). The second kappa shape index (κ2) is 6.04. The third-order valence-corrected chi connectivity index (χ3v) is 5.12. The van der Waals surface area contributed by atoms with Crippen molar-refractivity contribution in [3.8, 4) is 0 Å². The van der Waals surface area contributed by atoms with Gasteiger partial charge in [-0.1, -0.05) is 19.3 Å². The van der Waals surface area contributed by atoms with Crippen LogP contribution in [-0.4, -0.2) is 24.0 Å². The van der Waals surface area contributed by atoms with Gasteiger partial charge in [0.25, 0.3) is 0 Å². The molecule has 114 valence electrons. The maximum Gasteiger partial charge on any atom is 0.223 e. The first-order valence-corrected chi connectivity index (χ1v) is 8.13.